The molecule has 0 bridgehead atoms. The number of pyridine rings is 2. The highest BCUT2D eigenvalue weighted by atomic mass is 16.6. The third kappa shape index (κ3) is 5.72. The molecule has 2 heterocycles. The second kappa shape index (κ2) is 9.64. The summed E-state index contributed by atoms with van der Waals surface area (Å²) in [5.41, 5.74) is 3.37. The number of hydrogen-bond acceptors (Lipinski definition) is 5. The number of amides is 3. The SMILES string of the molecule is CCNC(=O)Nc1cc2c(-c3ccncc3C)ccc(CNC(=O)OC(C)(C)C)c2cn1. The number of anilines is 1. The molecule has 168 valence electrons. The van der Waals surface area contributed by atoms with Crippen molar-refractivity contribution in [1.29, 1.82) is 0 Å². The van der Waals surface area contributed by atoms with Gasteiger partial charge in [-0.3, -0.25) is 10.3 Å². The molecule has 0 saturated carbocycles. The Balaban J connectivity index is 2.01. The molecule has 0 fully saturated rings. The third-order valence-corrected chi connectivity index (χ3v) is 4.70. The molecule has 0 spiro atoms. The summed E-state index contributed by atoms with van der Waals surface area (Å²) in [6.07, 6.45) is 4.79. The van der Waals surface area contributed by atoms with E-state index in [2.05, 4.69) is 25.9 Å². The van der Waals surface area contributed by atoms with E-state index in [1.54, 1.807) is 12.4 Å². The average molecular weight is 436 g/mol. The van der Waals surface area contributed by atoms with Gasteiger partial charge in [-0.25, -0.2) is 14.6 Å². The van der Waals surface area contributed by atoms with Crippen molar-refractivity contribution < 1.29 is 14.3 Å². The Bertz CT molecular complexity index is 1140. The summed E-state index contributed by atoms with van der Waals surface area (Å²) in [7, 11) is 0. The fourth-order valence-corrected chi connectivity index (χ4v) is 3.33. The lowest BCUT2D eigenvalue weighted by molar-refractivity contribution is 0.0523. The quantitative estimate of drug-likeness (QED) is 0.535. The van der Waals surface area contributed by atoms with Gasteiger partial charge in [0.05, 0.1) is 0 Å². The second-order valence-corrected chi connectivity index (χ2v) is 8.42. The van der Waals surface area contributed by atoms with E-state index < -0.39 is 11.7 Å². The molecule has 0 aliphatic heterocycles. The highest BCUT2D eigenvalue weighted by molar-refractivity contribution is 6.01. The third-order valence-electron chi connectivity index (χ3n) is 4.70. The number of rotatable bonds is 5. The first-order valence-electron chi connectivity index (χ1n) is 10.5. The molecule has 32 heavy (non-hydrogen) atoms. The van der Waals surface area contributed by atoms with E-state index in [0.29, 0.717) is 12.4 Å². The number of carbonyl (C=O) groups excluding carboxylic acids is 2. The Morgan fingerprint density at radius 2 is 1.81 bits per heavy atom. The molecule has 0 aliphatic carbocycles. The summed E-state index contributed by atoms with van der Waals surface area (Å²) < 4.78 is 5.34. The van der Waals surface area contributed by atoms with Crippen LogP contribution in [0.4, 0.5) is 15.4 Å². The predicted molar refractivity (Wildman–Crippen MR) is 125 cm³/mol. The molecule has 0 aliphatic rings. The van der Waals surface area contributed by atoms with Gasteiger partial charge in [0.25, 0.3) is 0 Å². The zero-order chi connectivity index (χ0) is 23.3. The number of aryl methyl sites for hydroxylation is 1. The van der Waals surface area contributed by atoms with Crippen LogP contribution >= 0.6 is 0 Å². The molecule has 0 atom stereocenters. The maximum absolute atomic E-state index is 12.1. The number of ether oxygens (including phenoxy) is 1. The number of nitrogens with one attached hydrogen (secondary N) is 3. The van der Waals surface area contributed by atoms with Gasteiger partial charge in [0, 0.05) is 37.1 Å². The minimum atomic E-state index is -0.573. The number of aromatic nitrogens is 2. The van der Waals surface area contributed by atoms with Crippen LogP contribution in [0.25, 0.3) is 21.9 Å². The highest BCUT2D eigenvalue weighted by Gasteiger charge is 2.17. The Morgan fingerprint density at radius 3 is 2.50 bits per heavy atom. The summed E-state index contributed by atoms with van der Waals surface area (Å²) in [6.45, 7) is 10.1. The van der Waals surface area contributed by atoms with Crippen LogP contribution < -0.4 is 16.0 Å². The predicted octanol–water partition coefficient (Wildman–Crippen LogP) is 4.77. The van der Waals surface area contributed by atoms with Crippen molar-refractivity contribution in [3.05, 3.63) is 54.0 Å². The summed E-state index contributed by atoms with van der Waals surface area (Å²) in [5.74, 6) is 0.439. The van der Waals surface area contributed by atoms with Gasteiger partial charge in [-0.15, -0.1) is 0 Å². The van der Waals surface area contributed by atoms with Crippen molar-refractivity contribution in [2.45, 2.75) is 46.8 Å². The Kier molecular flexibility index (Phi) is 6.92. The smallest absolute Gasteiger partial charge is 0.407 e. The Morgan fingerprint density at radius 1 is 1.03 bits per heavy atom. The lowest BCUT2D eigenvalue weighted by Crippen LogP contribution is -2.32. The lowest BCUT2D eigenvalue weighted by Gasteiger charge is -2.20. The van der Waals surface area contributed by atoms with E-state index in [1.807, 2.05) is 65.1 Å². The van der Waals surface area contributed by atoms with Crippen LogP contribution in [0.15, 0.2) is 42.9 Å². The molecule has 1 aromatic carbocycles. The Hall–Kier alpha value is -3.68. The number of nitrogens with zero attached hydrogens (tertiary/aromatic N) is 2. The van der Waals surface area contributed by atoms with E-state index >= 15 is 0 Å². The Labute approximate surface area is 187 Å². The van der Waals surface area contributed by atoms with Crippen LogP contribution in [0.5, 0.6) is 0 Å². The van der Waals surface area contributed by atoms with E-state index in [-0.39, 0.29) is 12.6 Å². The fraction of sp³-hybridized carbons (Fsp3) is 0.333. The topological polar surface area (TPSA) is 105 Å². The molecule has 3 N–H and O–H groups in total. The van der Waals surface area contributed by atoms with Gasteiger partial charge in [0.15, 0.2) is 0 Å². The number of carbonyl (C=O) groups is 2. The first kappa shape index (κ1) is 23.0. The van der Waals surface area contributed by atoms with E-state index in [1.165, 1.54) is 0 Å². The fourth-order valence-electron chi connectivity index (χ4n) is 3.33. The molecular formula is C24H29N5O3. The monoisotopic (exact) mass is 435 g/mol. The summed E-state index contributed by atoms with van der Waals surface area (Å²) in [5, 5.41) is 10.0. The molecule has 3 amide bonds. The summed E-state index contributed by atoms with van der Waals surface area (Å²) >= 11 is 0. The molecule has 0 unspecified atom stereocenters. The van der Waals surface area contributed by atoms with Gasteiger partial charge in [-0.2, -0.15) is 0 Å². The van der Waals surface area contributed by atoms with Crippen LogP contribution in [0.3, 0.4) is 0 Å². The number of benzene rings is 1. The van der Waals surface area contributed by atoms with Crippen LogP contribution in [0, 0.1) is 6.92 Å². The van der Waals surface area contributed by atoms with Crippen molar-refractivity contribution in [3.63, 3.8) is 0 Å². The van der Waals surface area contributed by atoms with Gasteiger partial charge in [0.2, 0.25) is 0 Å². The van der Waals surface area contributed by atoms with Crippen molar-refractivity contribution in [2.24, 2.45) is 0 Å². The normalized spacial score (nSPS) is 11.2. The van der Waals surface area contributed by atoms with Gasteiger partial charge < -0.3 is 15.4 Å². The van der Waals surface area contributed by atoms with Crippen molar-refractivity contribution in [2.75, 3.05) is 11.9 Å². The maximum Gasteiger partial charge on any atom is 0.407 e. The average Bonchev–Trinajstić information content (AvgIpc) is 2.71. The van der Waals surface area contributed by atoms with Crippen LogP contribution in [-0.2, 0) is 11.3 Å². The maximum atomic E-state index is 12.1. The van der Waals surface area contributed by atoms with E-state index in [4.69, 9.17) is 4.74 Å². The van der Waals surface area contributed by atoms with Crippen LogP contribution in [0.1, 0.15) is 38.8 Å². The standard InChI is InChI=1S/C24H29N5O3/c1-6-26-22(30)29-21-11-19-18(17-9-10-25-12-15(17)2)8-7-16(20(19)14-27-21)13-28-23(31)32-24(3,4)5/h7-12,14H,6,13H2,1-5H3,(H,28,31)(H2,26,27,29,30). The van der Waals surface area contributed by atoms with Gasteiger partial charge in [0.1, 0.15) is 11.4 Å². The highest BCUT2D eigenvalue weighted by Crippen LogP contribution is 2.33. The molecule has 0 radical (unpaired) electrons. The lowest BCUT2D eigenvalue weighted by atomic mass is 9.94. The minimum Gasteiger partial charge on any atom is -0.444 e. The van der Waals surface area contributed by atoms with Gasteiger partial charge in [-0.05, 0) is 74.4 Å². The molecule has 3 rings (SSSR count). The van der Waals surface area contributed by atoms with Crippen molar-refractivity contribution >= 4 is 28.7 Å². The largest absolute Gasteiger partial charge is 0.444 e. The first-order valence-corrected chi connectivity index (χ1v) is 10.5. The molecule has 0 saturated heterocycles. The van der Waals surface area contributed by atoms with Crippen LogP contribution in [-0.4, -0.2) is 34.2 Å². The van der Waals surface area contributed by atoms with Crippen molar-refractivity contribution in [3.8, 4) is 11.1 Å². The summed E-state index contributed by atoms with van der Waals surface area (Å²) in [4.78, 5) is 32.7. The van der Waals surface area contributed by atoms with Gasteiger partial charge in [-0.1, -0.05) is 12.1 Å². The zero-order valence-corrected chi connectivity index (χ0v) is 19.1. The van der Waals surface area contributed by atoms with E-state index in [9.17, 15) is 9.59 Å². The molecule has 2 aromatic heterocycles. The number of alkyl carbamates (subject to hydrolysis) is 1. The molecule has 3 aromatic rings. The molecular weight excluding hydrogens is 406 g/mol. The zero-order valence-electron chi connectivity index (χ0n) is 19.1. The molecule has 8 nitrogen and oxygen atoms in total. The van der Waals surface area contributed by atoms with Crippen LogP contribution in [0.2, 0.25) is 0 Å². The first-order chi connectivity index (χ1) is 15.2. The van der Waals surface area contributed by atoms with E-state index in [0.717, 1.165) is 33.0 Å². The molecule has 8 heteroatoms. The summed E-state index contributed by atoms with van der Waals surface area (Å²) in [6, 6.07) is 7.46. The minimum absolute atomic E-state index is 0.284. The number of fused-ring (bicyclic) bond motifs is 1. The van der Waals surface area contributed by atoms with Gasteiger partial charge >= 0.3 is 12.1 Å². The number of urea groups is 1. The second-order valence-electron chi connectivity index (χ2n) is 8.42. The van der Waals surface area contributed by atoms with Crippen molar-refractivity contribution in [1.82, 2.24) is 20.6 Å². The number of hydrogen-bond donors (Lipinski definition) is 3.